The van der Waals surface area contributed by atoms with Gasteiger partial charge in [-0.2, -0.15) is 10.4 Å². The van der Waals surface area contributed by atoms with Gasteiger partial charge in [0.15, 0.2) is 11.3 Å². The zero-order chi connectivity index (χ0) is 11.1. The quantitative estimate of drug-likeness (QED) is 0.652. The molecular weight excluding hydrogens is 188 g/mol. The Kier molecular flexibility index (Phi) is 1.97. The molecule has 2 rings (SSSR count). The topological polar surface area (TPSA) is 54.0 Å². The van der Waals surface area contributed by atoms with Gasteiger partial charge >= 0.3 is 0 Å². The van der Waals surface area contributed by atoms with Crippen LogP contribution in [-0.2, 0) is 5.41 Å². The van der Waals surface area contributed by atoms with Crippen LogP contribution in [0.25, 0.3) is 5.65 Å². The molecule has 0 spiro atoms. The third-order valence-corrected chi connectivity index (χ3v) is 2.20. The van der Waals surface area contributed by atoms with Gasteiger partial charge < -0.3 is 0 Å². The highest BCUT2D eigenvalue weighted by Crippen LogP contribution is 2.20. The highest BCUT2D eigenvalue weighted by atomic mass is 15.2. The summed E-state index contributed by atoms with van der Waals surface area (Å²) in [7, 11) is 0. The van der Waals surface area contributed by atoms with E-state index in [1.54, 1.807) is 16.6 Å². The van der Waals surface area contributed by atoms with E-state index in [9.17, 15) is 0 Å². The molecule has 15 heavy (non-hydrogen) atoms. The zero-order valence-corrected chi connectivity index (χ0v) is 9.02. The number of hydrogen-bond donors (Lipinski definition) is 0. The molecule has 0 radical (unpaired) electrons. The van der Waals surface area contributed by atoms with Crippen LogP contribution in [0.5, 0.6) is 0 Å². The van der Waals surface area contributed by atoms with E-state index in [4.69, 9.17) is 5.26 Å². The molecule has 0 aliphatic heterocycles. The van der Waals surface area contributed by atoms with E-state index in [1.807, 2.05) is 12.3 Å². The fraction of sp³-hybridized carbons (Fsp3) is 0.364. The van der Waals surface area contributed by atoms with Gasteiger partial charge in [0.1, 0.15) is 6.07 Å². The summed E-state index contributed by atoms with van der Waals surface area (Å²) in [5.74, 6) is 0. The van der Waals surface area contributed by atoms with Gasteiger partial charge in [-0.1, -0.05) is 20.8 Å². The molecule has 4 nitrogen and oxygen atoms in total. The summed E-state index contributed by atoms with van der Waals surface area (Å²) < 4.78 is 1.65. The molecule has 4 heteroatoms. The third kappa shape index (κ3) is 1.68. The van der Waals surface area contributed by atoms with Crippen molar-refractivity contribution in [3.63, 3.8) is 0 Å². The maximum Gasteiger partial charge on any atom is 0.161 e. The van der Waals surface area contributed by atoms with E-state index >= 15 is 0 Å². The van der Waals surface area contributed by atoms with E-state index in [0.717, 1.165) is 11.3 Å². The molecule has 0 aromatic carbocycles. The lowest BCUT2D eigenvalue weighted by atomic mass is 9.93. The summed E-state index contributed by atoms with van der Waals surface area (Å²) in [6, 6.07) is 5.49. The van der Waals surface area contributed by atoms with E-state index in [2.05, 4.69) is 30.9 Å². The number of nitriles is 1. The third-order valence-electron chi connectivity index (χ3n) is 2.20. The normalized spacial score (nSPS) is 11.6. The van der Waals surface area contributed by atoms with E-state index in [1.165, 1.54) is 0 Å². The van der Waals surface area contributed by atoms with Crippen molar-refractivity contribution in [3.8, 4) is 6.07 Å². The number of imidazole rings is 1. The van der Waals surface area contributed by atoms with Crippen LogP contribution in [0.4, 0.5) is 0 Å². The van der Waals surface area contributed by atoms with E-state index < -0.39 is 0 Å². The van der Waals surface area contributed by atoms with Gasteiger partial charge in [-0.15, -0.1) is 0 Å². The molecule has 2 aromatic rings. The second-order valence-corrected chi connectivity index (χ2v) is 4.51. The van der Waals surface area contributed by atoms with Gasteiger partial charge in [-0.25, -0.2) is 9.50 Å². The smallest absolute Gasteiger partial charge is 0.161 e. The first-order valence-electron chi connectivity index (χ1n) is 4.78. The summed E-state index contributed by atoms with van der Waals surface area (Å²) in [6.45, 7) is 6.29. The summed E-state index contributed by atoms with van der Waals surface area (Å²) >= 11 is 0. The second kappa shape index (κ2) is 3.06. The summed E-state index contributed by atoms with van der Waals surface area (Å²) in [6.07, 6.45) is 1.87. The van der Waals surface area contributed by atoms with Crippen LogP contribution in [0.1, 0.15) is 32.2 Å². The molecule has 0 atom stereocenters. The van der Waals surface area contributed by atoms with Crippen molar-refractivity contribution in [2.45, 2.75) is 26.2 Å². The van der Waals surface area contributed by atoms with Crippen molar-refractivity contribution >= 4 is 5.65 Å². The average molecular weight is 200 g/mol. The molecule has 0 saturated heterocycles. The van der Waals surface area contributed by atoms with Crippen LogP contribution in [0.3, 0.4) is 0 Å². The molecule has 2 aromatic heterocycles. The van der Waals surface area contributed by atoms with Gasteiger partial charge in [0.25, 0.3) is 0 Å². The Balaban J connectivity index is 2.62. The average Bonchev–Trinajstić information content (AvgIpc) is 2.59. The lowest BCUT2D eigenvalue weighted by molar-refractivity contribution is 0.572. The number of aromatic nitrogens is 3. The molecule has 76 valence electrons. The van der Waals surface area contributed by atoms with Crippen molar-refractivity contribution in [3.05, 3.63) is 29.7 Å². The maximum atomic E-state index is 8.72. The monoisotopic (exact) mass is 200 g/mol. The van der Waals surface area contributed by atoms with Crippen LogP contribution in [-0.4, -0.2) is 14.6 Å². The predicted octanol–water partition coefficient (Wildman–Crippen LogP) is 1.90. The Labute approximate surface area is 88.2 Å². The SMILES string of the molecule is CC(C)(C)c1cn2nc(C#N)ccc2n1. The van der Waals surface area contributed by atoms with Crippen LogP contribution < -0.4 is 0 Å². The first-order chi connectivity index (χ1) is 7.00. The predicted molar refractivity (Wildman–Crippen MR) is 56.4 cm³/mol. The Morgan fingerprint density at radius 1 is 1.33 bits per heavy atom. The van der Waals surface area contributed by atoms with Crippen LogP contribution in [0.2, 0.25) is 0 Å². The van der Waals surface area contributed by atoms with E-state index in [-0.39, 0.29) is 5.41 Å². The fourth-order valence-corrected chi connectivity index (χ4v) is 1.30. The highest BCUT2D eigenvalue weighted by Gasteiger charge is 2.17. The van der Waals surface area contributed by atoms with Gasteiger partial charge in [0.05, 0.1) is 11.9 Å². The first-order valence-corrected chi connectivity index (χ1v) is 4.78. The minimum absolute atomic E-state index is 0.000503. The summed E-state index contributed by atoms with van der Waals surface area (Å²) in [5, 5.41) is 12.8. The molecule has 0 aliphatic carbocycles. The Hall–Kier alpha value is -1.89. The number of fused-ring (bicyclic) bond motifs is 1. The zero-order valence-electron chi connectivity index (χ0n) is 9.02. The van der Waals surface area contributed by atoms with Gasteiger partial charge in [-0.3, -0.25) is 0 Å². The molecule has 0 bridgehead atoms. The Bertz CT molecular complexity index is 540. The molecular formula is C11H12N4. The lowest BCUT2D eigenvalue weighted by Gasteiger charge is -2.13. The standard InChI is InChI=1S/C11H12N4/c1-11(2,3)9-7-15-10(13-9)5-4-8(6-12)14-15/h4-5,7H,1-3H3. The summed E-state index contributed by atoms with van der Waals surface area (Å²) in [4.78, 5) is 4.45. The first kappa shape index (κ1) is 9.66. The van der Waals surface area contributed by atoms with Crippen molar-refractivity contribution in [1.29, 1.82) is 5.26 Å². The number of hydrogen-bond acceptors (Lipinski definition) is 3. The molecule has 0 saturated carbocycles. The van der Waals surface area contributed by atoms with Gasteiger partial charge in [-0.05, 0) is 12.1 Å². The molecule has 0 aliphatic rings. The molecule has 0 unspecified atom stereocenters. The van der Waals surface area contributed by atoms with Crippen molar-refractivity contribution < 1.29 is 0 Å². The largest absolute Gasteiger partial charge is 0.232 e. The van der Waals surface area contributed by atoms with Crippen LogP contribution in [0.15, 0.2) is 18.3 Å². The minimum Gasteiger partial charge on any atom is -0.232 e. The van der Waals surface area contributed by atoms with E-state index in [0.29, 0.717) is 5.69 Å². The highest BCUT2D eigenvalue weighted by molar-refractivity contribution is 5.41. The Morgan fingerprint density at radius 3 is 2.67 bits per heavy atom. The van der Waals surface area contributed by atoms with Gasteiger partial charge in [0.2, 0.25) is 0 Å². The molecule has 0 N–H and O–H groups in total. The molecule has 0 amide bonds. The number of nitrogens with zero attached hydrogens (tertiary/aromatic N) is 4. The second-order valence-electron chi connectivity index (χ2n) is 4.51. The van der Waals surface area contributed by atoms with Gasteiger partial charge in [0, 0.05) is 5.41 Å². The lowest BCUT2D eigenvalue weighted by Crippen LogP contribution is -2.11. The van der Waals surface area contributed by atoms with Crippen molar-refractivity contribution in [2.24, 2.45) is 0 Å². The fourth-order valence-electron chi connectivity index (χ4n) is 1.30. The number of rotatable bonds is 0. The van der Waals surface area contributed by atoms with Crippen molar-refractivity contribution in [1.82, 2.24) is 14.6 Å². The molecule has 2 heterocycles. The minimum atomic E-state index is 0.000503. The van der Waals surface area contributed by atoms with Crippen LogP contribution >= 0.6 is 0 Å². The van der Waals surface area contributed by atoms with Crippen molar-refractivity contribution in [2.75, 3.05) is 0 Å². The Morgan fingerprint density at radius 2 is 2.07 bits per heavy atom. The maximum absolute atomic E-state index is 8.72. The van der Waals surface area contributed by atoms with Crippen LogP contribution in [0, 0.1) is 11.3 Å². The summed E-state index contributed by atoms with van der Waals surface area (Å²) in [5.41, 5.74) is 2.16. The molecule has 0 fully saturated rings.